The molecule has 0 bridgehead atoms. The maximum atomic E-state index is 12.4. The van der Waals surface area contributed by atoms with Gasteiger partial charge in [0.25, 0.3) is 5.91 Å². The minimum absolute atomic E-state index is 0.0747. The van der Waals surface area contributed by atoms with E-state index in [4.69, 9.17) is 11.6 Å². The van der Waals surface area contributed by atoms with Crippen molar-refractivity contribution in [2.75, 3.05) is 0 Å². The molecule has 1 aromatic heterocycles. The van der Waals surface area contributed by atoms with Crippen LogP contribution in [-0.2, 0) is 6.54 Å². The smallest absolute Gasteiger partial charge is 0.257 e. The van der Waals surface area contributed by atoms with Crippen LogP contribution >= 0.6 is 11.6 Å². The molecule has 0 saturated carbocycles. The van der Waals surface area contributed by atoms with Gasteiger partial charge in [-0.25, -0.2) is 0 Å². The third kappa shape index (κ3) is 2.73. The van der Waals surface area contributed by atoms with Crippen LogP contribution in [0.1, 0.15) is 15.9 Å². The zero-order valence-corrected chi connectivity index (χ0v) is 12.4. The monoisotopic (exact) mass is 312 g/mol. The van der Waals surface area contributed by atoms with E-state index in [-0.39, 0.29) is 11.0 Å². The second-order valence-corrected chi connectivity index (χ2v) is 5.27. The van der Waals surface area contributed by atoms with Gasteiger partial charge in [0.2, 0.25) is 5.43 Å². The molecule has 0 atom stereocenters. The molecular weight excluding hydrogens is 300 g/mol. The van der Waals surface area contributed by atoms with Gasteiger partial charge >= 0.3 is 0 Å². The Balaban J connectivity index is 1.88. The Kier molecular flexibility index (Phi) is 3.94. The molecule has 1 heterocycles. The van der Waals surface area contributed by atoms with Crippen LogP contribution in [0.4, 0.5) is 0 Å². The molecule has 0 unspecified atom stereocenters. The van der Waals surface area contributed by atoms with Gasteiger partial charge in [-0.05, 0) is 17.7 Å². The summed E-state index contributed by atoms with van der Waals surface area (Å²) in [5.41, 5.74) is 1.25. The lowest BCUT2D eigenvalue weighted by Gasteiger charge is -2.06. The Morgan fingerprint density at radius 2 is 1.86 bits per heavy atom. The van der Waals surface area contributed by atoms with E-state index in [1.54, 1.807) is 18.2 Å². The SMILES string of the molecule is O=C(NCc1ccccc1)c1c[nH]c2c(Cl)cccc2c1=O. The molecule has 1 amide bonds. The van der Waals surface area contributed by atoms with E-state index in [9.17, 15) is 9.59 Å². The molecule has 2 aromatic carbocycles. The largest absolute Gasteiger partial charge is 0.359 e. The van der Waals surface area contributed by atoms with Crippen molar-refractivity contribution in [1.82, 2.24) is 10.3 Å². The number of rotatable bonds is 3. The van der Waals surface area contributed by atoms with Crippen molar-refractivity contribution in [3.63, 3.8) is 0 Å². The highest BCUT2D eigenvalue weighted by atomic mass is 35.5. The number of hydrogen-bond acceptors (Lipinski definition) is 2. The molecule has 5 heteroatoms. The number of benzene rings is 2. The zero-order valence-electron chi connectivity index (χ0n) is 11.6. The fourth-order valence-corrected chi connectivity index (χ4v) is 2.49. The second-order valence-electron chi connectivity index (χ2n) is 4.86. The Labute approximate surface area is 131 Å². The van der Waals surface area contributed by atoms with Crippen LogP contribution in [0.2, 0.25) is 5.02 Å². The standard InChI is InChI=1S/C17H13ClN2O2/c18-14-8-4-7-12-15(14)19-10-13(16(12)21)17(22)20-9-11-5-2-1-3-6-11/h1-8,10H,9H2,(H,19,21)(H,20,22). The molecular formula is C17H13ClN2O2. The normalized spacial score (nSPS) is 10.6. The molecule has 0 radical (unpaired) electrons. The third-order valence-electron chi connectivity index (χ3n) is 3.40. The van der Waals surface area contributed by atoms with Crippen LogP contribution in [0.25, 0.3) is 10.9 Å². The summed E-state index contributed by atoms with van der Waals surface area (Å²) in [5, 5.41) is 3.60. The van der Waals surface area contributed by atoms with Crippen LogP contribution < -0.4 is 10.7 Å². The minimum atomic E-state index is -0.410. The van der Waals surface area contributed by atoms with Crippen molar-refractivity contribution < 1.29 is 4.79 Å². The quantitative estimate of drug-likeness (QED) is 0.780. The zero-order chi connectivity index (χ0) is 15.5. The molecule has 0 aliphatic rings. The summed E-state index contributed by atoms with van der Waals surface area (Å²) >= 11 is 6.03. The number of carbonyl (C=O) groups is 1. The number of carbonyl (C=O) groups excluding carboxylic acids is 1. The van der Waals surface area contributed by atoms with Gasteiger partial charge in [0, 0.05) is 18.1 Å². The lowest BCUT2D eigenvalue weighted by atomic mass is 10.1. The van der Waals surface area contributed by atoms with Gasteiger partial charge < -0.3 is 10.3 Å². The van der Waals surface area contributed by atoms with E-state index >= 15 is 0 Å². The van der Waals surface area contributed by atoms with Gasteiger partial charge in [0.1, 0.15) is 5.56 Å². The summed E-state index contributed by atoms with van der Waals surface area (Å²) in [6.07, 6.45) is 1.40. The number of aromatic amines is 1. The van der Waals surface area contributed by atoms with E-state index in [1.165, 1.54) is 6.20 Å². The van der Waals surface area contributed by atoms with E-state index in [0.717, 1.165) is 5.56 Å². The van der Waals surface area contributed by atoms with Crippen LogP contribution in [0.5, 0.6) is 0 Å². The Bertz CT molecular complexity index is 888. The topological polar surface area (TPSA) is 62.0 Å². The van der Waals surface area contributed by atoms with Gasteiger partial charge in [0.05, 0.1) is 10.5 Å². The molecule has 2 N–H and O–H groups in total. The highest BCUT2D eigenvalue weighted by Crippen LogP contribution is 2.18. The van der Waals surface area contributed by atoms with E-state index < -0.39 is 5.91 Å². The minimum Gasteiger partial charge on any atom is -0.359 e. The number of nitrogens with one attached hydrogen (secondary N) is 2. The van der Waals surface area contributed by atoms with E-state index in [2.05, 4.69) is 10.3 Å². The second kappa shape index (κ2) is 6.03. The maximum absolute atomic E-state index is 12.4. The maximum Gasteiger partial charge on any atom is 0.257 e. The first-order valence-corrected chi connectivity index (χ1v) is 7.16. The number of halogens is 1. The lowest BCUT2D eigenvalue weighted by Crippen LogP contribution is -2.28. The molecule has 0 aliphatic heterocycles. The number of hydrogen-bond donors (Lipinski definition) is 2. The van der Waals surface area contributed by atoms with Crippen molar-refractivity contribution in [3.05, 3.63) is 81.1 Å². The van der Waals surface area contributed by atoms with Crippen molar-refractivity contribution in [3.8, 4) is 0 Å². The van der Waals surface area contributed by atoms with Crippen molar-refractivity contribution in [2.24, 2.45) is 0 Å². The van der Waals surface area contributed by atoms with Crippen molar-refractivity contribution >= 4 is 28.4 Å². The number of aromatic nitrogens is 1. The Morgan fingerprint density at radius 3 is 2.64 bits per heavy atom. The summed E-state index contributed by atoms with van der Waals surface area (Å²) < 4.78 is 0. The molecule has 0 saturated heterocycles. The molecule has 0 aliphatic carbocycles. The van der Waals surface area contributed by atoms with Gasteiger partial charge in [-0.15, -0.1) is 0 Å². The van der Waals surface area contributed by atoms with Crippen LogP contribution in [-0.4, -0.2) is 10.9 Å². The average Bonchev–Trinajstić information content (AvgIpc) is 2.55. The molecule has 110 valence electrons. The van der Waals surface area contributed by atoms with Gasteiger partial charge in [-0.1, -0.05) is 48.0 Å². The van der Waals surface area contributed by atoms with Crippen LogP contribution in [0.3, 0.4) is 0 Å². The van der Waals surface area contributed by atoms with Crippen LogP contribution in [0.15, 0.2) is 59.5 Å². The summed E-state index contributed by atoms with van der Waals surface area (Å²) in [5.74, 6) is -0.410. The predicted octanol–water partition coefficient (Wildman–Crippen LogP) is 3.11. The number of para-hydroxylation sites is 1. The first kappa shape index (κ1) is 14.4. The molecule has 4 nitrogen and oxygen atoms in total. The molecule has 0 fully saturated rings. The molecule has 22 heavy (non-hydrogen) atoms. The van der Waals surface area contributed by atoms with E-state index in [0.29, 0.717) is 22.5 Å². The lowest BCUT2D eigenvalue weighted by molar-refractivity contribution is 0.0949. The summed E-state index contributed by atoms with van der Waals surface area (Å²) in [6.45, 7) is 0.368. The fourth-order valence-electron chi connectivity index (χ4n) is 2.26. The highest BCUT2D eigenvalue weighted by Gasteiger charge is 2.13. The van der Waals surface area contributed by atoms with Crippen LogP contribution in [0, 0.1) is 0 Å². The van der Waals surface area contributed by atoms with Crippen molar-refractivity contribution in [2.45, 2.75) is 6.54 Å². The number of pyridine rings is 1. The Morgan fingerprint density at radius 1 is 1.09 bits per heavy atom. The van der Waals surface area contributed by atoms with Gasteiger partial charge in [-0.2, -0.15) is 0 Å². The first-order valence-electron chi connectivity index (χ1n) is 6.79. The van der Waals surface area contributed by atoms with Gasteiger partial charge in [-0.3, -0.25) is 9.59 Å². The van der Waals surface area contributed by atoms with Crippen molar-refractivity contribution in [1.29, 1.82) is 0 Å². The highest BCUT2D eigenvalue weighted by molar-refractivity contribution is 6.35. The number of fused-ring (bicyclic) bond motifs is 1. The predicted molar refractivity (Wildman–Crippen MR) is 87.2 cm³/mol. The summed E-state index contributed by atoms with van der Waals surface area (Å²) in [6, 6.07) is 14.5. The summed E-state index contributed by atoms with van der Waals surface area (Å²) in [7, 11) is 0. The first-order chi connectivity index (χ1) is 10.7. The summed E-state index contributed by atoms with van der Waals surface area (Å²) in [4.78, 5) is 27.5. The number of H-pyrrole nitrogens is 1. The fraction of sp³-hybridized carbons (Fsp3) is 0.0588. The molecule has 3 rings (SSSR count). The Hall–Kier alpha value is -2.59. The van der Waals surface area contributed by atoms with Gasteiger partial charge in [0.15, 0.2) is 0 Å². The molecule has 3 aromatic rings. The third-order valence-corrected chi connectivity index (χ3v) is 3.72. The van der Waals surface area contributed by atoms with E-state index in [1.807, 2.05) is 30.3 Å². The molecule has 0 spiro atoms. The average molecular weight is 313 g/mol. The number of amides is 1.